The largest absolute Gasteiger partial charge is 0.382 e. The first-order chi connectivity index (χ1) is 14.0. The Labute approximate surface area is 175 Å². The van der Waals surface area contributed by atoms with Crippen molar-refractivity contribution in [1.82, 2.24) is 24.8 Å². The molecular formula is C18H24F2N6O3S. The van der Waals surface area contributed by atoms with E-state index in [0.29, 0.717) is 16.9 Å². The van der Waals surface area contributed by atoms with E-state index in [-0.39, 0.29) is 6.61 Å². The van der Waals surface area contributed by atoms with Crippen molar-refractivity contribution in [2.24, 2.45) is 4.40 Å². The molecule has 2 aromatic rings. The number of hydrogen-bond acceptors (Lipinski definition) is 5. The molecule has 1 aliphatic rings. The number of fused-ring (bicyclic) bond motifs is 1. The van der Waals surface area contributed by atoms with E-state index >= 15 is 0 Å². The van der Waals surface area contributed by atoms with Crippen LogP contribution in [0.5, 0.6) is 0 Å². The normalized spacial score (nSPS) is 19.3. The van der Waals surface area contributed by atoms with Crippen LogP contribution in [-0.4, -0.2) is 73.4 Å². The molecule has 3 rings (SSSR count). The molecule has 2 atom stereocenters. The van der Waals surface area contributed by atoms with E-state index in [2.05, 4.69) is 19.8 Å². The number of carbonyl (C=O) groups excluding carboxylic acids is 1. The van der Waals surface area contributed by atoms with E-state index in [1.165, 1.54) is 24.0 Å². The van der Waals surface area contributed by atoms with Crippen molar-refractivity contribution >= 4 is 28.9 Å². The van der Waals surface area contributed by atoms with E-state index in [9.17, 15) is 17.8 Å². The Bertz CT molecular complexity index is 988. The second-order valence-corrected chi connectivity index (χ2v) is 9.90. The highest BCUT2D eigenvalue weighted by atomic mass is 32.2. The lowest BCUT2D eigenvalue weighted by Gasteiger charge is -2.38. The van der Waals surface area contributed by atoms with Crippen molar-refractivity contribution in [3.63, 3.8) is 0 Å². The molecule has 3 heterocycles. The highest BCUT2D eigenvalue weighted by Crippen LogP contribution is 2.28. The number of nitrogens with one attached hydrogen (secondary N) is 1. The number of alkyl halides is 2. The molecule has 164 valence electrons. The average Bonchev–Trinajstić information content (AvgIpc) is 3.07. The van der Waals surface area contributed by atoms with Gasteiger partial charge in [0.1, 0.15) is 16.7 Å². The third-order valence-corrected chi connectivity index (χ3v) is 5.76. The minimum Gasteiger partial charge on any atom is -0.382 e. The number of hydrogen-bond donors (Lipinski definition) is 1. The van der Waals surface area contributed by atoms with Gasteiger partial charge in [0.25, 0.3) is 5.92 Å². The third kappa shape index (κ3) is 4.98. The fraction of sp³-hybridized carbons (Fsp3) is 0.556. The van der Waals surface area contributed by atoms with E-state index in [0.717, 1.165) is 4.90 Å². The molecule has 1 N–H and O–H groups in total. The molecule has 0 aromatic carbocycles. The average molecular weight is 442 g/mol. The van der Waals surface area contributed by atoms with Crippen LogP contribution in [0.3, 0.4) is 0 Å². The third-order valence-electron chi connectivity index (χ3n) is 4.41. The summed E-state index contributed by atoms with van der Waals surface area (Å²) in [5, 5.41) is 6.46. The van der Waals surface area contributed by atoms with Gasteiger partial charge in [-0.2, -0.15) is 9.50 Å². The van der Waals surface area contributed by atoms with Gasteiger partial charge < -0.3 is 15.0 Å². The van der Waals surface area contributed by atoms with E-state index in [4.69, 9.17) is 4.74 Å². The topological polar surface area (TPSA) is 101 Å². The SMILES string of the molecule is COC[C@H](c1cnn2cc(/C=N/S(=O)C(C)(C)C)nc2c1)N1CC(F)(F)CNC1=O. The van der Waals surface area contributed by atoms with Gasteiger partial charge in [0.2, 0.25) is 0 Å². The number of halogens is 2. The summed E-state index contributed by atoms with van der Waals surface area (Å²) in [6.45, 7) is 4.04. The maximum atomic E-state index is 13.9. The molecule has 1 saturated heterocycles. The van der Waals surface area contributed by atoms with Gasteiger partial charge >= 0.3 is 6.03 Å². The molecule has 0 aliphatic carbocycles. The molecule has 2 aromatic heterocycles. The van der Waals surface area contributed by atoms with Gasteiger partial charge in [0, 0.05) is 12.7 Å². The van der Waals surface area contributed by atoms with Crippen LogP contribution < -0.4 is 5.32 Å². The summed E-state index contributed by atoms with van der Waals surface area (Å²) in [6.07, 6.45) is 4.49. The Morgan fingerprint density at radius 3 is 2.87 bits per heavy atom. The second kappa shape index (κ2) is 8.34. The van der Waals surface area contributed by atoms with Gasteiger partial charge in [0.05, 0.1) is 49.1 Å². The summed E-state index contributed by atoms with van der Waals surface area (Å²) < 4.78 is 50.0. The van der Waals surface area contributed by atoms with E-state index < -0.39 is 46.8 Å². The Morgan fingerprint density at radius 2 is 2.20 bits per heavy atom. The van der Waals surface area contributed by atoms with Gasteiger partial charge in [-0.25, -0.2) is 27.3 Å². The first kappa shape index (κ1) is 22.2. The van der Waals surface area contributed by atoms with E-state index in [1.807, 2.05) is 20.8 Å². The van der Waals surface area contributed by atoms with Crippen molar-refractivity contribution in [3.8, 4) is 0 Å². The first-order valence-electron chi connectivity index (χ1n) is 9.23. The fourth-order valence-electron chi connectivity index (χ4n) is 2.87. The maximum Gasteiger partial charge on any atom is 0.318 e. The Kier molecular flexibility index (Phi) is 6.18. The van der Waals surface area contributed by atoms with Crippen molar-refractivity contribution in [3.05, 3.63) is 29.7 Å². The summed E-state index contributed by atoms with van der Waals surface area (Å²) in [6, 6.07) is 0.291. The fourth-order valence-corrected chi connectivity index (χ4v) is 3.39. The van der Waals surface area contributed by atoms with Gasteiger partial charge in [0.15, 0.2) is 5.65 Å². The van der Waals surface area contributed by atoms with Crippen molar-refractivity contribution in [2.45, 2.75) is 37.5 Å². The van der Waals surface area contributed by atoms with Gasteiger partial charge in [-0.05, 0) is 26.8 Å². The Balaban J connectivity index is 1.90. The zero-order valence-corrected chi connectivity index (χ0v) is 17.9. The van der Waals surface area contributed by atoms with Gasteiger partial charge in [-0.1, -0.05) is 0 Å². The smallest absolute Gasteiger partial charge is 0.318 e. The van der Waals surface area contributed by atoms with Crippen LogP contribution >= 0.6 is 0 Å². The van der Waals surface area contributed by atoms with Crippen LogP contribution in [0.4, 0.5) is 13.6 Å². The molecule has 2 amide bonds. The second-order valence-electron chi connectivity index (χ2n) is 7.97. The van der Waals surface area contributed by atoms with Crippen molar-refractivity contribution in [2.75, 3.05) is 26.8 Å². The number of ether oxygens (including phenoxy) is 1. The molecule has 9 nitrogen and oxygen atoms in total. The lowest BCUT2D eigenvalue weighted by atomic mass is 10.1. The summed E-state index contributed by atoms with van der Waals surface area (Å²) in [7, 11) is 0.00129. The van der Waals surface area contributed by atoms with Crippen molar-refractivity contribution in [1.29, 1.82) is 0 Å². The Hall–Kier alpha value is -2.47. The quantitative estimate of drug-likeness (QED) is 0.690. The lowest BCUT2D eigenvalue weighted by molar-refractivity contribution is -0.0509. The minimum absolute atomic E-state index is 0.0148. The van der Waals surface area contributed by atoms with Crippen LogP contribution in [0.2, 0.25) is 0 Å². The standard InChI is InChI=1S/C18H24F2N6O3S/c1-17(2,3)30(28)23-7-13-8-26-15(24-13)5-12(6-22-26)14(9-29-4)25-11-18(19,20)10-21-16(25)27/h5-8,14H,9-11H2,1-4H3,(H,21,27)/b23-7+/t14-,30?/m1/s1. The highest BCUT2D eigenvalue weighted by molar-refractivity contribution is 7.85. The highest BCUT2D eigenvalue weighted by Gasteiger charge is 2.42. The number of imidazole rings is 1. The summed E-state index contributed by atoms with van der Waals surface area (Å²) >= 11 is 0. The summed E-state index contributed by atoms with van der Waals surface area (Å²) in [5.41, 5.74) is 1.38. The molecule has 30 heavy (non-hydrogen) atoms. The number of nitrogens with zero attached hydrogens (tertiary/aromatic N) is 5. The molecular weight excluding hydrogens is 418 g/mol. The van der Waals surface area contributed by atoms with Crippen LogP contribution in [0.25, 0.3) is 5.65 Å². The maximum absolute atomic E-state index is 13.9. The van der Waals surface area contributed by atoms with E-state index in [1.54, 1.807) is 12.3 Å². The predicted octanol–water partition coefficient (Wildman–Crippen LogP) is 1.96. The monoisotopic (exact) mass is 442 g/mol. The number of methoxy groups -OCH3 is 1. The van der Waals surface area contributed by atoms with Crippen molar-refractivity contribution < 1.29 is 22.5 Å². The summed E-state index contributed by atoms with van der Waals surface area (Å²) in [5.74, 6) is -3.04. The molecule has 1 unspecified atom stereocenters. The molecule has 0 spiro atoms. The molecule has 0 bridgehead atoms. The zero-order chi connectivity index (χ0) is 22.1. The first-order valence-corrected chi connectivity index (χ1v) is 10.3. The number of amides is 2. The van der Waals surface area contributed by atoms with Crippen LogP contribution in [0.15, 0.2) is 22.9 Å². The van der Waals surface area contributed by atoms with Crippen LogP contribution in [0, 0.1) is 0 Å². The number of urea groups is 1. The molecule has 12 heteroatoms. The number of aromatic nitrogens is 3. The molecule has 1 aliphatic heterocycles. The van der Waals surface area contributed by atoms with Crippen LogP contribution in [0.1, 0.15) is 38.1 Å². The predicted molar refractivity (Wildman–Crippen MR) is 108 cm³/mol. The van der Waals surface area contributed by atoms with Gasteiger partial charge in [-0.3, -0.25) is 0 Å². The summed E-state index contributed by atoms with van der Waals surface area (Å²) in [4.78, 5) is 17.6. The number of carbonyl (C=O) groups is 1. The lowest BCUT2D eigenvalue weighted by Crippen LogP contribution is -2.58. The minimum atomic E-state index is -3.04. The molecule has 1 fully saturated rings. The van der Waals surface area contributed by atoms with Gasteiger partial charge in [-0.15, -0.1) is 0 Å². The number of rotatable bonds is 6. The van der Waals surface area contributed by atoms with Crippen LogP contribution in [-0.2, 0) is 15.7 Å². The Morgan fingerprint density at radius 1 is 1.47 bits per heavy atom. The zero-order valence-electron chi connectivity index (χ0n) is 17.1. The molecule has 0 saturated carbocycles. The molecule has 0 radical (unpaired) electrons.